The molecule has 0 aliphatic rings. The van der Waals surface area contributed by atoms with E-state index in [-0.39, 0.29) is 5.91 Å². The van der Waals surface area contributed by atoms with Crippen molar-refractivity contribution >= 4 is 33.4 Å². The van der Waals surface area contributed by atoms with E-state index in [0.717, 1.165) is 10.2 Å². The molecule has 0 unspecified atom stereocenters. The zero-order valence-electron chi connectivity index (χ0n) is 13.0. The van der Waals surface area contributed by atoms with E-state index in [1.165, 1.54) is 25.4 Å². The molecule has 0 fully saturated rings. The summed E-state index contributed by atoms with van der Waals surface area (Å²) in [5.41, 5.74) is 4.12. The minimum Gasteiger partial charge on any atom is -0.465 e. The van der Waals surface area contributed by atoms with Crippen LogP contribution in [0.1, 0.15) is 17.3 Å². The quantitative estimate of drug-likeness (QED) is 0.582. The lowest BCUT2D eigenvalue weighted by atomic mass is 10.1. The van der Waals surface area contributed by atoms with Crippen LogP contribution in [0, 0.1) is 0 Å². The number of hydrogen-bond donors (Lipinski definition) is 1. The predicted octanol–water partition coefficient (Wildman–Crippen LogP) is 3.18. The summed E-state index contributed by atoms with van der Waals surface area (Å²) in [7, 11) is 1.32. The van der Waals surface area contributed by atoms with Crippen molar-refractivity contribution in [3.63, 3.8) is 0 Å². The summed E-state index contributed by atoms with van der Waals surface area (Å²) in [6.45, 7) is 1.35. The van der Waals surface area contributed by atoms with Gasteiger partial charge < -0.3 is 9.57 Å². The first kappa shape index (κ1) is 15.9. The van der Waals surface area contributed by atoms with Crippen molar-refractivity contribution in [2.75, 3.05) is 7.11 Å². The molecule has 24 heavy (non-hydrogen) atoms. The fourth-order valence-electron chi connectivity index (χ4n) is 2.15. The summed E-state index contributed by atoms with van der Waals surface area (Å²) >= 11 is 1.47. The highest BCUT2D eigenvalue weighted by atomic mass is 32.1. The average Bonchev–Trinajstić information content (AvgIpc) is 3.03. The monoisotopic (exact) mass is 342 g/mol. The van der Waals surface area contributed by atoms with Gasteiger partial charge in [-0.2, -0.15) is 5.48 Å². The van der Waals surface area contributed by atoms with E-state index in [9.17, 15) is 9.59 Å². The lowest BCUT2D eigenvalue weighted by Crippen LogP contribution is -2.24. The van der Waals surface area contributed by atoms with E-state index in [1.54, 1.807) is 18.2 Å². The number of benzene rings is 2. The maximum Gasteiger partial charge on any atom is 0.337 e. The first-order chi connectivity index (χ1) is 11.6. The fourth-order valence-corrected chi connectivity index (χ4v) is 3.13. The first-order valence-electron chi connectivity index (χ1n) is 7.10. The van der Waals surface area contributed by atoms with Gasteiger partial charge in [-0.25, -0.2) is 9.78 Å². The van der Waals surface area contributed by atoms with Gasteiger partial charge in [0.05, 0.1) is 28.5 Å². The normalized spacial score (nSPS) is 10.4. The Kier molecular flexibility index (Phi) is 4.43. The molecule has 0 aliphatic carbocycles. The number of aromatic nitrogens is 1. The number of thiazole rings is 1. The molecule has 1 amide bonds. The Morgan fingerprint density at radius 1 is 1.17 bits per heavy atom. The number of carbonyl (C=O) groups is 2. The standard InChI is InChI=1S/C17H14N2O4S/c1-10(20)19-23-14-8-7-11(17(21)22-2)9-12(14)16-18-13-5-3-4-6-15(13)24-16/h3-9H,1-2H3,(H,19,20). The zero-order valence-corrected chi connectivity index (χ0v) is 13.8. The summed E-state index contributed by atoms with van der Waals surface area (Å²) in [5.74, 6) is -0.386. The van der Waals surface area contributed by atoms with Crippen LogP contribution in [0.15, 0.2) is 42.5 Å². The summed E-state index contributed by atoms with van der Waals surface area (Å²) in [5, 5.41) is 0.683. The van der Waals surface area contributed by atoms with Crippen LogP contribution in [0.4, 0.5) is 0 Å². The minimum absolute atomic E-state index is 0.331. The van der Waals surface area contributed by atoms with E-state index >= 15 is 0 Å². The largest absolute Gasteiger partial charge is 0.465 e. The maximum atomic E-state index is 11.8. The Balaban J connectivity index is 2.10. The summed E-state index contributed by atoms with van der Waals surface area (Å²) in [6.07, 6.45) is 0. The van der Waals surface area contributed by atoms with Gasteiger partial charge in [0, 0.05) is 6.92 Å². The second-order valence-electron chi connectivity index (χ2n) is 4.95. The number of methoxy groups -OCH3 is 1. The molecule has 0 spiro atoms. The summed E-state index contributed by atoms with van der Waals surface area (Å²) in [4.78, 5) is 32.8. The number of hydrogen-bond acceptors (Lipinski definition) is 6. The van der Waals surface area contributed by atoms with Gasteiger partial charge in [0.15, 0.2) is 5.75 Å². The zero-order chi connectivity index (χ0) is 17.1. The molecule has 3 aromatic rings. The number of nitrogens with one attached hydrogen (secondary N) is 1. The lowest BCUT2D eigenvalue weighted by Gasteiger charge is -2.10. The molecule has 0 saturated heterocycles. The first-order valence-corrected chi connectivity index (χ1v) is 7.92. The van der Waals surface area contributed by atoms with E-state index in [0.29, 0.717) is 21.9 Å². The van der Waals surface area contributed by atoms with Gasteiger partial charge >= 0.3 is 5.97 Å². The summed E-state index contributed by atoms with van der Waals surface area (Å²) < 4.78 is 5.77. The Hall–Kier alpha value is -2.93. The Morgan fingerprint density at radius 2 is 1.96 bits per heavy atom. The Bertz CT molecular complexity index is 887. The number of fused-ring (bicyclic) bond motifs is 1. The topological polar surface area (TPSA) is 77.5 Å². The number of esters is 1. The SMILES string of the molecule is COC(=O)c1ccc(ONC(C)=O)c(-c2nc3ccccc3s2)c1. The molecule has 0 saturated carbocycles. The smallest absolute Gasteiger partial charge is 0.337 e. The Morgan fingerprint density at radius 3 is 2.67 bits per heavy atom. The number of hydroxylamine groups is 1. The number of carbonyl (C=O) groups excluding carboxylic acids is 2. The number of rotatable bonds is 4. The molecule has 0 bridgehead atoms. The van der Waals surface area contributed by atoms with Gasteiger partial charge in [0.1, 0.15) is 5.01 Å². The van der Waals surface area contributed by atoms with Gasteiger partial charge in [0.2, 0.25) is 5.91 Å². The fraction of sp³-hybridized carbons (Fsp3) is 0.118. The summed E-state index contributed by atoms with van der Waals surface area (Å²) in [6, 6.07) is 12.5. The van der Waals surface area contributed by atoms with Gasteiger partial charge in [-0.05, 0) is 30.3 Å². The van der Waals surface area contributed by atoms with E-state index in [2.05, 4.69) is 10.5 Å². The molecule has 1 aromatic heterocycles. The van der Waals surface area contributed by atoms with Crippen molar-refractivity contribution in [2.45, 2.75) is 6.92 Å². The third-order valence-electron chi connectivity index (χ3n) is 3.23. The van der Waals surface area contributed by atoms with Crippen LogP contribution in [0.25, 0.3) is 20.8 Å². The molecule has 3 rings (SSSR count). The van der Waals surface area contributed by atoms with Crippen LogP contribution in [-0.4, -0.2) is 24.0 Å². The van der Waals surface area contributed by atoms with Gasteiger partial charge in [-0.15, -0.1) is 11.3 Å². The molecule has 0 aliphatic heterocycles. The van der Waals surface area contributed by atoms with E-state index in [1.807, 2.05) is 24.3 Å². The number of ether oxygens (including phenoxy) is 1. The van der Waals surface area contributed by atoms with Crippen LogP contribution >= 0.6 is 11.3 Å². The molecule has 1 N–H and O–H groups in total. The number of para-hydroxylation sites is 1. The molecule has 7 heteroatoms. The van der Waals surface area contributed by atoms with Crippen LogP contribution in [0.3, 0.4) is 0 Å². The predicted molar refractivity (Wildman–Crippen MR) is 90.8 cm³/mol. The van der Waals surface area contributed by atoms with Crippen LogP contribution in [0.5, 0.6) is 5.75 Å². The molecule has 6 nitrogen and oxygen atoms in total. The van der Waals surface area contributed by atoms with Crippen molar-refractivity contribution < 1.29 is 19.2 Å². The van der Waals surface area contributed by atoms with Crippen LogP contribution in [-0.2, 0) is 9.53 Å². The van der Waals surface area contributed by atoms with Crippen molar-refractivity contribution in [3.05, 3.63) is 48.0 Å². The van der Waals surface area contributed by atoms with Gasteiger partial charge in [0.25, 0.3) is 0 Å². The van der Waals surface area contributed by atoms with Crippen molar-refractivity contribution in [2.24, 2.45) is 0 Å². The molecule has 1 heterocycles. The van der Waals surface area contributed by atoms with Gasteiger partial charge in [-0.1, -0.05) is 12.1 Å². The Labute approximate surface area is 142 Å². The van der Waals surface area contributed by atoms with Gasteiger partial charge in [-0.3, -0.25) is 4.79 Å². The maximum absolute atomic E-state index is 11.8. The molecular formula is C17H14N2O4S. The second-order valence-corrected chi connectivity index (χ2v) is 5.98. The van der Waals surface area contributed by atoms with E-state index < -0.39 is 5.97 Å². The highest BCUT2D eigenvalue weighted by molar-refractivity contribution is 7.21. The van der Waals surface area contributed by atoms with Crippen molar-refractivity contribution in [1.29, 1.82) is 0 Å². The second kappa shape index (κ2) is 6.67. The van der Waals surface area contributed by atoms with Crippen molar-refractivity contribution in [3.8, 4) is 16.3 Å². The molecule has 2 aromatic carbocycles. The number of nitrogens with zero attached hydrogens (tertiary/aromatic N) is 1. The average molecular weight is 342 g/mol. The van der Waals surface area contributed by atoms with E-state index in [4.69, 9.17) is 9.57 Å². The van der Waals surface area contributed by atoms with Crippen LogP contribution in [0.2, 0.25) is 0 Å². The minimum atomic E-state index is -0.455. The molecule has 0 radical (unpaired) electrons. The highest BCUT2D eigenvalue weighted by Gasteiger charge is 2.16. The molecular weight excluding hydrogens is 328 g/mol. The highest BCUT2D eigenvalue weighted by Crippen LogP contribution is 2.36. The molecule has 122 valence electrons. The van der Waals surface area contributed by atoms with Crippen LogP contribution < -0.4 is 10.3 Å². The third-order valence-corrected chi connectivity index (χ3v) is 4.30. The molecule has 0 atom stereocenters. The third kappa shape index (κ3) is 3.21. The van der Waals surface area contributed by atoms with Crippen molar-refractivity contribution in [1.82, 2.24) is 10.5 Å². The number of amides is 1. The lowest BCUT2D eigenvalue weighted by molar-refractivity contribution is -0.125.